The van der Waals surface area contributed by atoms with E-state index in [0.29, 0.717) is 0 Å². The van der Waals surface area contributed by atoms with Crippen LogP contribution in [0.4, 0.5) is 4.79 Å². The number of carbonyl (C=O) groups excluding carboxylic acids is 1. The van der Waals surface area contributed by atoms with Crippen molar-refractivity contribution in [2.75, 3.05) is 0 Å². The van der Waals surface area contributed by atoms with E-state index < -0.39 is 6.16 Å². The van der Waals surface area contributed by atoms with Crippen LogP contribution in [0, 0.1) is 0 Å². The van der Waals surface area contributed by atoms with Gasteiger partial charge in [0, 0.05) is 0 Å². The molecule has 0 bridgehead atoms. The first kappa shape index (κ1) is 8.87. The maximum absolute atomic E-state index is 8.33. The Labute approximate surface area is 42.3 Å². The van der Waals surface area contributed by atoms with Gasteiger partial charge in [0.15, 0.2) is 0 Å². The van der Waals surface area contributed by atoms with Crippen molar-refractivity contribution < 1.29 is 35.4 Å². The van der Waals surface area contributed by atoms with E-state index >= 15 is 0 Å². The van der Waals surface area contributed by atoms with E-state index in [4.69, 9.17) is 15.0 Å². The summed E-state index contributed by atoms with van der Waals surface area (Å²) in [5.74, 6) is 0. The molecule has 5 heavy (non-hydrogen) atoms. The second kappa shape index (κ2) is 3.93. The molecule has 0 unspecified atom stereocenters. The van der Waals surface area contributed by atoms with Crippen LogP contribution >= 0.6 is 0 Å². The molecule has 0 N–H and O–H groups in total. The summed E-state index contributed by atoms with van der Waals surface area (Å²) in [6, 6.07) is 0. The van der Waals surface area contributed by atoms with Gasteiger partial charge in [0.25, 0.3) is 0 Å². The molecular formula is CO3Pd. The second-order valence-corrected chi connectivity index (χ2v) is 0.250. The first-order chi connectivity index (χ1) is 1.73. The topological polar surface area (TPSA) is 63.2 Å². The van der Waals surface area contributed by atoms with Gasteiger partial charge >= 0.3 is 20.4 Å². The Balaban J connectivity index is 0. The van der Waals surface area contributed by atoms with Crippen LogP contribution in [0.3, 0.4) is 0 Å². The Morgan fingerprint density at radius 3 is 1.40 bits per heavy atom. The molecule has 0 saturated heterocycles. The predicted octanol–water partition coefficient (Wildman–Crippen LogP) is -2.45. The number of hydrogen-bond acceptors (Lipinski definition) is 3. The van der Waals surface area contributed by atoms with E-state index in [0.717, 1.165) is 0 Å². The van der Waals surface area contributed by atoms with Gasteiger partial charge in [0.05, 0.1) is 0 Å². The zero-order chi connectivity index (χ0) is 3.58. The van der Waals surface area contributed by atoms with Crippen LogP contribution in [-0.2, 0) is 20.4 Å². The molecule has 0 aromatic rings. The van der Waals surface area contributed by atoms with Gasteiger partial charge in [-0.15, -0.1) is 0 Å². The van der Waals surface area contributed by atoms with Gasteiger partial charge in [-0.2, -0.15) is 0 Å². The van der Waals surface area contributed by atoms with Crippen LogP contribution in [0.1, 0.15) is 0 Å². The molecule has 4 heteroatoms. The van der Waals surface area contributed by atoms with Gasteiger partial charge < -0.3 is 15.0 Å². The third-order valence-corrected chi connectivity index (χ3v) is 0. The molecule has 0 aliphatic rings. The van der Waals surface area contributed by atoms with Gasteiger partial charge in [-0.1, -0.05) is 0 Å². The molecule has 0 amide bonds. The Bertz CT molecular complexity index is 29.9. The van der Waals surface area contributed by atoms with Crippen LogP contribution in [0.5, 0.6) is 0 Å². The first-order valence-electron chi connectivity index (χ1n) is 0.612. The molecule has 0 radical (unpaired) electrons. The molecule has 0 aliphatic heterocycles. The Hall–Kier alpha value is -0.0677. The summed E-state index contributed by atoms with van der Waals surface area (Å²) >= 11 is 0. The quantitative estimate of drug-likeness (QED) is 0.375. The molecular weight excluding hydrogens is 166 g/mol. The van der Waals surface area contributed by atoms with Crippen LogP contribution in [0.25, 0.3) is 0 Å². The third kappa shape index (κ3) is 3210. The standard InChI is InChI=1S/CH2O3.Pd/c2-1(3)4;/h(H2,2,3,4);/q;+2/p-2. The summed E-state index contributed by atoms with van der Waals surface area (Å²) in [4.78, 5) is 8.33. The van der Waals surface area contributed by atoms with E-state index in [9.17, 15) is 0 Å². The van der Waals surface area contributed by atoms with Gasteiger partial charge in [-0.25, -0.2) is 0 Å². The van der Waals surface area contributed by atoms with Crippen molar-refractivity contribution in [2.45, 2.75) is 0 Å². The van der Waals surface area contributed by atoms with E-state index in [2.05, 4.69) is 0 Å². The normalized spacial score (nSPS) is 4.80. The fraction of sp³-hybridized carbons (Fsp3) is 0. The van der Waals surface area contributed by atoms with Crippen molar-refractivity contribution in [3.05, 3.63) is 0 Å². The summed E-state index contributed by atoms with van der Waals surface area (Å²) < 4.78 is 0. The summed E-state index contributed by atoms with van der Waals surface area (Å²) in [7, 11) is 0. The third-order valence-electron chi connectivity index (χ3n) is 0. The fourth-order valence-corrected chi connectivity index (χ4v) is 0. The van der Waals surface area contributed by atoms with E-state index in [1.807, 2.05) is 0 Å². The molecule has 0 saturated carbocycles. The molecule has 0 aliphatic carbocycles. The minimum atomic E-state index is -2.33. The van der Waals surface area contributed by atoms with Crippen molar-refractivity contribution in [1.29, 1.82) is 0 Å². The smallest absolute Gasteiger partial charge is 0.652 e. The molecule has 0 atom stereocenters. The van der Waals surface area contributed by atoms with Crippen LogP contribution in [0.2, 0.25) is 0 Å². The average molecular weight is 166 g/mol. The van der Waals surface area contributed by atoms with Gasteiger partial charge in [-0.3, -0.25) is 0 Å². The Kier molecular flexibility index (Phi) is 6.98. The molecule has 0 spiro atoms. The second-order valence-electron chi connectivity index (χ2n) is 0.250. The van der Waals surface area contributed by atoms with Crippen LogP contribution in [-0.4, -0.2) is 6.16 Å². The van der Waals surface area contributed by atoms with Crippen molar-refractivity contribution in [2.24, 2.45) is 0 Å². The summed E-state index contributed by atoms with van der Waals surface area (Å²) in [5.41, 5.74) is 0. The van der Waals surface area contributed by atoms with Crippen LogP contribution in [0.15, 0.2) is 0 Å². The minimum absolute atomic E-state index is 0. The SMILES string of the molecule is O=C([O-])[O-].[Pd+2]. The molecule has 0 aromatic heterocycles. The molecule has 3 nitrogen and oxygen atoms in total. The molecule has 0 rings (SSSR count). The summed E-state index contributed by atoms with van der Waals surface area (Å²) in [5, 5.41) is 16.7. The molecule has 0 aromatic carbocycles. The molecule has 32 valence electrons. The maximum Gasteiger partial charge on any atom is 2.00 e. The summed E-state index contributed by atoms with van der Waals surface area (Å²) in [6.45, 7) is 0. The Morgan fingerprint density at radius 2 is 1.40 bits per heavy atom. The Morgan fingerprint density at radius 1 is 1.40 bits per heavy atom. The van der Waals surface area contributed by atoms with E-state index in [1.54, 1.807) is 0 Å². The number of carboxylic acid groups (broad SMARTS) is 2. The fourth-order valence-electron chi connectivity index (χ4n) is 0. The minimum Gasteiger partial charge on any atom is -0.652 e. The van der Waals surface area contributed by atoms with Gasteiger partial charge in [-0.05, 0) is 6.16 Å². The maximum atomic E-state index is 8.33. The molecule has 0 heterocycles. The zero-order valence-corrected chi connectivity index (χ0v) is 3.60. The van der Waals surface area contributed by atoms with Crippen molar-refractivity contribution >= 4 is 6.16 Å². The van der Waals surface area contributed by atoms with E-state index in [1.165, 1.54) is 0 Å². The van der Waals surface area contributed by atoms with Gasteiger partial charge in [0.1, 0.15) is 0 Å². The van der Waals surface area contributed by atoms with Crippen molar-refractivity contribution in [3.8, 4) is 0 Å². The summed E-state index contributed by atoms with van der Waals surface area (Å²) in [6.07, 6.45) is -2.33. The molecule has 0 fully saturated rings. The largest absolute Gasteiger partial charge is 2.00 e. The van der Waals surface area contributed by atoms with Crippen LogP contribution < -0.4 is 10.2 Å². The number of carbonyl (C=O) groups is 1. The van der Waals surface area contributed by atoms with E-state index in [-0.39, 0.29) is 20.4 Å². The monoisotopic (exact) mass is 166 g/mol. The van der Waals surface area contributed by atoms with Crippen molar-refractivity contribution in [1.82, 2.24) is 0 Å². The average Bonchev–Trinajstić information content (AvgIpc) is 0.811. The number of hydrogen-bond donors (Lipinski definition) is 0. The first-order valence-corrected chi connectivity index (χ1v) is 0.612. The van der Waals surface area contributed by atoms with Crippen molar-refractivity contribution in [3.63, 3.8) is 0 Å². The number of rotatable bonds is 0. The van der Waals surface area contributed by atoms with Gasteiger partial charge in [0.2, 0.25) is 0 Å². The zero-order valence-electron chi connectivity index (χ0n) is 2.04. The predicted molar refractivity (Wildman–Crippen MR) is 5.40 cm³/mol.